The van der Waals surface area contributed by atoms with Crippen LogP contribution < -0.4 is 5.32 Å². The van der Waals surface area contributed by atoms with E-state index in [2.05, 4.69) is 5.32 Å². The number of amides is 2. The molecular formula is C18H23F3N2O2. The van der Waals surface area contributed by atoms with E-state index in [4.69, 9.17) is 0 Å². The summed E-state index contributed by atoms with van der Waals surface area (Å²) >= 11 is 0. The van der Waals surface area contributed by atoms with Crippen molar-refractivity contribution in [2.75, 3.05) is 12.4 Å². The van der Waals surface area contributed by atoms with Crippen molar-refractivity contribution in [1.82, 2.24) is 4.90 Å². The Labute approximate surface area is 145 Å². The number of hydrogen-bond donors (Lipinski definition) is 1. The lowest BCUT2D eigenvalue weighted by molar-refractivity contribution is -0.197. The van der Waals surface area contributed by atoms with Crippen molar-refractivity contribution in [3.63, 3.8) is 0 Å². The zero-order valence-electron chi connectivity index (χ0n) is 14.4. The standard InChI is InChI=1S/C18H23F3N2O2/c1-12(24)23(2)11-13-6-5-7-14(10-13)22-17(25)15-8-3-4-9-16(15)18(19,20)21/h5-7,10,15-16H,3-4,8-9,11H2,1-2H3,(H,22,25)/t15-,16-/m1/s1. The van der Waals surface area contributed by atoms with Gasteiger partial charge in [-0.25, -0.2) is 0 Å². The van der Waals surface area contributed by atoms with Crippen LogP contribution in [-0.2, 0) is 16.1 Å². The van der Waals surface area contributed by atoms with Crippen LogP contribution in [0.1, 0.15) is 38.2 Å². The molecule has 0 spiro atoms. The molecule has 0 bridgehead atoms. The van der Waals surface area contributed by atoms with Gasteiger partial charge in [0.2, 0.25) is 11.8 Å². The smallest absolute Gasteiger partial charge is 0.342 e. The highest BCUT2D eigenvalue weighted by atomic mass is 19.4. The summed E-state index contributed by atoms with van der Waals surface area (Å²) in [4.78, 5) is 25.2. The highest BCUT2D eigenvalue weighted by Crippen LogP contribution is 2.41. The van der Waals surface area contributed by atoms with Gasteiger partial charge in [-0.3, -0.25) is 9.59 Å². The molecule has 0 radical (unpaired) electrons. The monoisotopic (exact) mass is 356 g/mol. The summed E-state index contributed by atoms with van der Waals surface area (Å²) < 4.78 is 39.5. The van der Waals surface area contributed by atoms with Gasteiger partial charge in [0.1, 0.15) is 0 Å². The molecule has 25 heavy (non-hydrogen) atoms. The number of carbonyl (C=O) groups excluding carboxylic acids is 2. The van der Waals surface area contributed by atoms with Gasteiger partial charge in [-0.15, -0.1) is 0 Å². The summed E-state index contributed by atoms with van der Waals surface area (Å²) in [5.74, 6) is -3.30. The van der Waals surface area contributed by atoms with Crippen molar-refractivity contribution >= 4 is 17.5 Å². The van der Waals surface area contributed by atoms with E-state index in [0.717, 1.165) is 5.56 Å². The Balaban J connectivity index is 2.08. The normalized spacial score (nSPS) is 20.8. The Bertz CT molecular complexity index is 631. The quantitative estimate of drug-likeness (QED) is 0.887. The zero-order chi connectivity index (χ0) is 18.6. The summed E-state index contributed by atoms with van der Waals surface area (Å²) in [6.07, 6.45) is -2.96. The fourth-order valence-electron chi connectivity index (χ4n) is 3.20. The van der Waals surface area contributed by atoms with E-state index in [-0.39, 0.29) is 18.7 Å². The van der Waals surface area contributed by atoms with Gasteiger partial charge >= 0.3 is 6.18 Å². The predicted molar refractivity (Wildman–Crippen MR) is 88.7 cm³/mol. The second kappa shape index (κ2) is 7.89. The Morgan fingerprint density at radius 1 is 1.24 bits per heavy atom. The summed E-state index contributed by atoms with van der Waals surface area (Å²) in [7, 11) is 1.66. The predicted octanol–water partition coefficient (Wildman–Crippen LogP) is 3.97. The van der Waals surface area contributed by atoms with Crippen LogP contribution in [0.3, 0.4) is 0 Å². The van der Waals surface area contributed by atoms with Crippen LogP contribution in [0.4, 0.5) is 18.9 Å². The third-order valence-electron chi connectivity index (χ3n) is 4.67. The molecule has 1 aromatic rings. The minimum atomic E-state index is -4.35. The molecule has 0 heterocycles. The van der Waals surface area contributed by atoms with Crippen LogP contribution in [0, 0.1) is 11.8 Å². The van der Waals surface area contributed by atoms with Crippen molar-refractivity contribution in [1.29, 1.82) is 0 Å². The molecule has 1 saturated carbocycles. The minimum absolute atomic E-state index is 0.00499. The number of alkyl halides is 3. The highest BCUT2D eigenvalue weighted by Gasteiger charge is 2.48. The fourth-order valence-corrected chi connectivity index (χ4v) is 3.20. The molecule has 1 fully saturated rings. The first-order valence-corrected chi connectivity index (χ1v) is 8.36. The van der Waals surface area contributed by atoms with Crippen molar-refractivity contribution in [3.8, 4) is 0 Å². The zero-order valence-corrected chi connectivity index (χ0v) is 14.4. The lowest BCUT2D eigenvalue weighted by Gasteiger charge is -2.32. The second-order valence-corrected chi connectivity index (χ2v) is 6.60. The second-order valence-electron chi connectivity index (χ2n) is 6.60. The molecule has 1 aromatic carbocycles. The molecule has 1 aliphatic rings. The van der Waals surface area contributed by atoms with E-state index in [1.807, 2.05) is 0 Å². The summed E-state index contributed by atoms with van der Waals surface area (Å²) in [5, 5.41) is 2.61. The van der Waals surface area contributed by atoms with Crippen molar-refractivity contribution in [3.05, 3.63) is 29.8 Å². The summed E-state index contributed by atoms with van der Waals surface area (Å²) in [5.41, 5.74) is 1.25. The lowest BCUT2D eigenvalue weighted by atomic mass is 9.78. The molecule has 2 amide bonds. The van der Waals surface area contributed by atoms with E-state index in [1.165, 1.54) is 11.8 Å². The Morgan fingerprint density at radius 2 is 1.92 bits per heavy atom. The molecule has 0 aromatic heterocycles. The van der Waals surface area contributed by atoms with Crippen LogP contribution in [0.25, 0.3) is 0 Å². The van der Waals surface area contributed by atoms with Crippen molar-refractivity contribution in [2.45, 2.75) is 45.3 Å². The number of nitrogens with zero attached hydrogens (tertiary/aromatic N) is 1. The van der Waals surface area contributed by atoms with Gasteiger partial charge < -0.3 is 10.2 Å². The van der Waals surface area contributed by atoms with Crippen molar-refractivity contribution < 1.29 is 22.8 Å². The van der Waals surface area contributed by atoms with Crippen LogP contribution in [0.2, 0.25) is 0 Å². The van der Waals surface area contributed by atoms with Gasteiger partial charge in [0, 0.05) is 32.1 Å². The fraction of sp³-hybridized carbons (Fsp3) is 0.556. The maximum atomic E-state index is 13.2. The van der Waals surface area contributed by atoms with E-state index in [1.54, 1.807) is 31.3 Å². The number of nitrogens with one attached hydrogen (secondary N) is 1. The molecule has 138 valence electrons. The van der Waals surface area contributed by atoms with E-state index >= 15 is 0 Å². The molecule has 2 atom stereocenters. The average Bonchev–Trinajstić information content (AvgIpc) is 2.54. The molecule has 4 nitrogen and oxygen atoms in total. The average molecular weight is 356 g/mol. The minimum Gasteiger partial charge on any atom is -0.342 e. The third kappa shape index (κ3) is 5.21. The molecule has 0 unspecified atom stereocenters. The first-order valence-electron chi connectivity index (χ1n) is 8.36. The van der Waals surface area contributed by atoms with Gasteiger partial charge in [-0.1, -0.05) is 25.0 Å². The van der Waals surface area contributed by atoms with Crippen molar-refractivity contribution in [2.24, 2.45) is 11.8 Å². The topological polar surface area (TPSA) is 49.4 Å². The van der Waals surface area contributed by atoms with Gasteiger partial charge in [-0.05, 0) is 30.5 Å². The van der Waals surface area contributed by atoms with Crippen LogP contribution >= 0.6 is 0 Å². The maximum Gasteiger partial charge on any atom is 0.392 e. The number of rotatable bonds is 4. The number of benzene rings is 1. The van der Waals surface area contributed by atoms with Gasteiger partial charge in [0.15, 0.2) is 0 Å². The molecule has 7 heteroatoms. The molecule has 0 saturated heterocycles. The Hall–Kier alpha value is -2.05. The van der Waals surface area contributed by atoms with Crippen LogP contribution in [-0.4, -0.2) is 29.9 Å². The lowest BCUT2D eigenvalue weighted by Crippen LogP contribution is -2.39. The number of carbonyl (C=O) groups is 2. The van der Waals surface area contributed by atoms with E-state index in [0.29, 0.717) is 25.1 Å². The SMILES string of the molecule is CC(=O)N(C)Cc1cccc(NC(=O)[C@@H]2CCCC[C@H]2C(F)(F)F)c1. The molecule has 2 rings (SSSR count). The molecule has 1 N–H and O–H groups in total. The Morgan fingerprint density at radius 3 is 2.56 bits per heavy atom. The van der Waals surface area contributed by atoms with Crippen LogP contribution in [0.5, 0.6) is 0 Å². The van der Waals surface area contributed by atoms with Gasteiger partial charge in [-0.2, -0.15) is 13.2 Å². The van der Waals surface area contributed by atoms with E-state index < -0.39 is 23.9 Å². The van der Waals surface area contributed by atoms with E-state index in [9.17, 15) is 22.8 Å². The third-order valence-corrected chi connectivity index (χ3v) is 4.67. The number of anilines is 1. The summed E-state index contributed by atoms with van der Waals surface area (Å²) in [6.45, 7) is 1.82. The molecular weight excluding hydrogens is 333 g/mol. The maximum absolute atomic E-state index is 13.2. The Kier molecular flexibility index (Phi) is 6.08. The first kappa shape index (κ1) is 19.3. The molecule has 0 aliphatic heterocycles. The van der Waals surface area contributed by atoms with Gasteiger partial charge in [0.25, 0.3) is 0 Å². The first-order chi connectivity index (χ1) is 11.7. The number of halogens is 3. The summed E-state index contributed by atoms with van der Waals surface area (Å²) in [6, 6.07) is 6.83. The van der Waals surface area contributed by atoms with Gasteiger partial charge in [0.05, 0.1) is 5.92 Å². The largest absolute Gasteiger partial charge is 0.392 e. The molecule has 1 aliphatic carbocycles. The highest BCUT2D eigenvalue weighted by molar-refractivity contribution is 5.93. The van der Waals surface area contributed by atoms with Crippen LogP contribution in [0.15, 0.2) is 24.3 Å². The number of hydrogen-bond acceptors (Lipinski definition) is 2.